The Bertz CT molecular complexity index is 1070. The van der Waals surface area contributed by atoms with Crippen molar-refractivity contribution in [1.82, 2.24) is 4.57 Å². The third-order valence-corrected chi connectivity index (χ3v) is 6.99. The number of benzene rings is 2. The normalized spacial score (nSPS) is 21.5. The second-order valence-electron chi connectivity index (χ2n) is 9.32. The summed E-state index contributed by atoms with van der Waals surface area (Å²) in [5, 5.41) is 0.694. The van der Waals surface area contributed by atoms with Crippen LogP contribution >= 0.6 is 11.6 Å². The van der Waals surface area contributed by atoms with Crippen LogP contribution in [-0.2, 0) is 23.1 Å². The Hall–Kier alpha value is -2.33. The Morgan fingerprint density at radius 2 is 1.87 bits per heavy atom. The molecule has 0 amide bonds. The van der Waals surface area contributed by atoms with Crippen LogP contribution in [0, 0.1) is 17.8 Å². The van der Waals surface area contributed by atoms with E-state index in [4.69, 9.17) is 16.3 Å². The number of rotatable bonds is 5. The summed E-state index contributed by atoms with van der Waals surface area (Å²) in [6, 6.07) is 15.9. The molecule has 164 valence electrons. The summed E-state index contributed by atoms with van der Waals surface area (Å²) < 4.78 is 10.3. The fourth-order valence-electron chi connectivity index (χ4n) is 5.08. The van der Waals surface area contributed by atoms with Gasteiger partial charge in [-0.05, 0) is 67.0 Å². The summed E-state index contributed by atoms with van der Waals surface area (Å²) in [4.78, 5) is 13.2. The number of aryl methyl sites for hydroxylation is 1. The van der Waals surface area contributed by atoms with E-state index in [1.54, 1.807) is 0 Å². The first-order valence-electron chi connectivity index (χ1n) is 11.3. The molecule has 0 aliphatic heterocycles. The zero-order chi connectivity index (χ0) is 22.1. The number of carbonyl (C=O) groups excluding carboxylic acids is 1. The fourth-order valence-corrected chi connectivity index (χ4v) is 5.21. The van der Waals surface area contributed by atoms with Gasteiger partial charge in [-0.2, -0.15) is 0 Å². The molecule has 1 heterocycles. The van der Waals surface area contributed by atoms with E-state index in [-0.39, 0.29) is 18.6 Å². The van der Waals surface area contributed by atoms with Crippen molar-refractivity contribution in [3.8, 4) is 11.4 Å². The number of ether oxygens (including phenoxy) is 1. The summed E-state index contributed by atoms with van der Waals surface area (Å²) >= 11 is 6.11. The number of esters is 1. The van der Waals surface area contributed by atoms with E-state index >= 15 is 0 Å². The van der Waals surface area contributed by atoms with Crippen LogP contribution in [0.25, 0.3) is 22.4 Å². The average Bonchev–Trinajstić information content (AvgIpc) is 3.00. The smallest absolute Gasteiger partial charge is 0.348 e. The maximum absolute atomic E-state index is 13.2. The molecule has 4 rings (SSSR count). The third kappa shape index (κ3) is 4.50. The van der Waals surface area contributed by atoms with E-state index in [1.165, 1.54) is 6.42 Å². The highest BCUT2D eigenvalue weighted by atomic mass is 35.5. The molecule has 3 atom stereocenters. The molecule has 0 saturated heterocycles. The topological polar surface area (TPSA) is 35.1 Å². The standard InChI is InChI=1S/C26H32ClN2O2/c1-17(2)21-14-9-18(3)15-24(21)31-25(30)16-29-23-8-6-5-7-22(23)28(4)26(29)19-10-12-20(27)13-11-19/h5-8,10-13,17-18,21,24H,9,14-16H2,1-4H3/q+1/t18-,21?,24-/m1/s1. The number of hydrogen-bond donors (Lipinski definition) is 0. The molecule has 1 unspecified atom stereocenters. The van der Waals surface area contributed by atoms with Crippen molar-refractivity contribution in [3.63, 3.8) is 0 Å². The molecule has 0 spiro atoms. The zero-order valence-corrected chi connectivity index (χ0v) is 19.6. The number of carbonyl (C=O) groups is 1. The molecule has 4 nitrogen and oxygen atoms in total. The van der Waals surface area contributed by atoms with Crippen molar-refractivity contribution in [2.75, 3.05) is 0 Å². The van der Waals surface area contributed by atoms with E-state index in [2.05, 4.69) is 42.0 Å². The molecular weight excluding hydrogens is 408 g/mol. The van der Waals surface area contributed by atoms with Crippen LogP contribution in [0.5, 0.6) is 0 Å². The first-order valence-corrected chi connectivity index (χ1v) is 11.7. The Morgan fingerprint density at radius 3 is 2.58 bits per heavy atom. The lowest BCUT2D eigenvalue weighted by molar-refractivity contribution is -0.634. The predicted octanol–water partition coefficient (Wildman–Crippen LogP) is 5.79. The van der Waals surface area contributed by atoms with Crippen molar-refractivity contribution in [2.45, 2.75) is 52.7 Å². The van der Waals surface area contributed by atoms with Crippen molar-refractivity contribution in [1.29, 1.82) is 0 Å². The largest absolute Gasteiger partial charge is 0.459 e. The van der Waals surface area contributed by atoms with Gasteiger partial charge in [0.25, 0.3) is 5.82 Å². The van der Waals surface area contributed by atoms with Gasteiger partial charge in [-0.25, -0.2) is 13.9 Å². The van der Waals surface area contributed by atoms with Crippen LogP contribution in [0.2, 0.25) is 5.02 Å². The number of imidazole rings is 1. The maximum Gasteiger partial charge on any atom is 0.348 e. The molecule has 1 fully saturated rings. The van der Waals surface area contributed by atoms with E-state index in [9.17, 15) is 4.79 Å². The minimum Gasteiger partial charge on any atom is -0.459 e. The molecule has 0 N–H and O–H groups in total. The predicted molar refractivity (Wildman–Crippen MR) is 125 cm³/mol. The quantitative estimate of drug-likeness (QED) is 0.372. The first-order chi connectivity index (χ1) is 14.8. The first kappa shape index (κ1) is 21.9. The molecular formula is C26H32ClN2O2+. The lowest BCUT2D eigenvalue weighted by atomic mass is 9.75. The average molecular weight is 440 g/mol. The SMILES string of the molecule is CC(C)C1CC[C@@H](C)C[C@H]1OC(=O)Cn1c(-c2ccc(Cl)cc2)[n+](C)c2ccccc21. The van der Waals surface area contributed by atoms with Crippen LogP contribution < -0.4 is 4.57 Å². The molecule has 31 heavy (non-hydrogen) atoms. The molecule has 5 heteroatoms. The number of nitrogens with zero attached hydrogens (tertiary/aromatic N) is 2. The molecule has 1 aliphatic rings. The monoisotopic (exact) mass is 439 g/mol. The van der Waals surface area contributed by atoms with E-state index in [1.807, 2.05) is 43.4 Å². The lowest BCUT2D eigenvalue weighted by Gasteiger charge is -2.36. The second kappa shape index (κ2) is 9.04. The Morgan fingerprint density at radius 1 is 1.16 bits per heavy atom. The molecule has 3 aromatic rings. The minimum absolute atomic E-state index is 0.00538. The third-order valence-electron chi connectivity index (χ3n) is 6.74. The van der Waals surface area contributed by atoms with E-state index < -0.39 is 0 Å². The highest BCUT2D eigenvalue weighted by molar-refractivity contribution is 6.30. The molecule has 1 saturated carbocycles. The Balaban J connectivity index is 1.67. The number of halogens is 1. The molecule has 0 bridgehead atoms. The lowest BCUT2D eigenvalue weighted by Crippen LogP contribution is -2.37. The van der Waals surface area contributed by atoms with Crippen molar-refractivity contribution in [3.05, 3.63) is 53.6 Å². The van der Waals surface area contributed by atoms with Gasteiger partial charge in [-0.1, -0.05) is 50.9 Å². The van der Waals surface area contributed by atoms with Gasteiger partial charge in [0.05, 0.1) is 12.6 Å². The highest BCUT2D eigenvalue weighted by Gasteiger charge is 2.34. The molecule has 1 aliphatic carbocycles. The van der Waals surface area contributed by atoms with Crippen LogP contribution in [0.15, 0.2) is 48.5 Å². The van der Waals surface area contributed by atoms with Crippen molar-refractivity contribution >= 4 is 28.6 Å². The number of fused-ring (bicyclic) bond motifs is 1. The zero-order valence-electron chi connectivity index (χ0n) is 18.8. The Kier molecular flexibility index (Phi) is 6.38. The molecule has 2 aromatic carbocycles. The summed E-state index contributed by atoms with van der Waals surface area (Å²) in [7, 11) is 2.03. The van der Waals surface area contributed by atoms with Gasteiger partial charge in [0, 0.05) is 5.02 Å². The van der Waals surface area contributed by atoms with Gasteiger partial charge in [0.1, 0.15) is 6.10 Å². The Labute approximate surface area is 189 Å². The van der Waals surface area contributed by atoms with Crippen LogP contribution in [0.3, 0.4) is 0 Å². The summed E-state index contributed by atoms with van der Waals surface area (Å²) in [5.74, 6) is 2.35. The fraction of sp³-hybridized carbons (Fsp3) is 0.462. The number of hydrogen-bond acceptors (Lipinski definition) is 2. The second-order valence-corrected chi connectivity index (χ2v) is 9.76. The summed E-state index contributed by atoms with van der Waals surface area (Å²) in [6.07, 6.45) is 3.31. The highest BCUT2D eigenvalue weighted by Crippen LogP contribution is 2.35. The van der Waals surface area contributed by atoms with Gasteiger partial charge in [0.15, 0.2) is 17.6 Å². The number of para-hydroxylation sites is 2. The van der Waals surface area contributed by atoms with Gasteiger partial charge < -0.3 is 4.74 Å². The maximum atomic E-state index is 13.2. The molecule has 0 radical (unpaired) electrons. The van der Waals surface area contributed by atoms with Gasteiger partial charge in [-0.3, -0.25) is 0 Å². The van der Waals surface area contributed by atoms with Crippen LogP contribution in [0.1, 0.15) is 40.0 Å². The van der Waals surface area contributed by atoms with Gasteiger partial charge in [-0.15, -0.1) is 0 Å². The van der Waals surface area contributed by atoms with E-state index in [0.717, 1.165) is 35.3 Å². The van der Waals surface area contributed by atoms with E-state index in [0.29, 0.717) is 22.8 Å². The number of aromatic nitrogens is 2. The summed E-state index contributed by atoms with van der Waals surface area (Å²) in [5.41, 5.74) is 3.11. The summed E-state index contributed by atoms with van der Waals surface area (Å²) in [6.45, 7) is 6.92. The van der Waals surface area contributed by atoms with Crippen molar-refractivity contribution < 1.29 is 14.1 Å². The van der Waals surface area contributed by atoms with Gasteiger partial charge in [0.2, 0.25) is 0 Å². The van der Waals surface area contributed by atoms with Gasteiger partial charge >= 0.3 is 5.97 Å². The van der Waals surface area contributed by atoms with Crippen LogP contribution in [0.4, 0.5) is 0 Å². The van der Waals surface area contributed by atoms with Crippen molar-refractivity contribution in [2.24, 2.45) is 24.8 Å². The molecule has 1 aromatic heterocycles. The minimum atomic E-state index is -0.165. The van der Waals surface area contributed by atoms with Crippen LogP contribution in [-0.4, -0.2) is 16.6 Å².